The first kappa shape index (κ1) is 20.5. The van der Waals surface area contributed by atoms with E-state index >= 15 is 0 Å². The zero-order valence-electron chi connectivity index (χ0n) is 14.4. The third-order valence-corrected chi connectivity index (χ3v) is 5.67. The minimum atomic E-state index is -3.47. The van der Waals surface area contributed by atoms with Gasteiger partial charge in [0.1, 0.15) is 5.82 Å². The van der Waals surface area contributed by atoms with Crippen LogP contribution in [0.5, 0.6) is 0 Å². The van der Waals surface area contributed by atoms with Crippen LogP contribution >= 0.6 is 15.9 Å². The predicted molar refractivity (Wildman–Crippen MR) is 103 cm³/mol. The van der Waals surface area contributed by atoms with Crippen molar-refractivity contribution < 1.29 is 17.6 Å². The van der Waals surface area contributed by atoms with E-state index in [0.29, 0.717) is 21.2 Å². The summed E-state index contributed by atoms with van der Waals surface area (Å²) in [5, 5.41) is 2.74. The summed E-state index contributed by atoms with van der Waals surface area (Å²) in [4.78, 5) is 12.3. The van der Waals surface area contributed by atoms with Crippen LogP contribution in [-0.2, 0) is 22.3 Å². The van der Waals surface area contributed by atoms with Crippen LogP contribution in [0.15, 0.2) is 46.9 Å². The third-order valence-electron chi connectivity index (χ3n) is 3.49. The second-order valence-electron chi connectivity index (χ2n) is 6.11. The number of carbonyl (C=O) groups excluding carboxylic acids is 1. The zero-order chi connectivity index (χ0) is 19.3. The van der Waals surface area contributed by atoms with Gasteiger partial charge in [0.15, 0.2) is 0 Å². The number of rotatable bonds is 7. The lowest BCUT2D eigenvalue weighted by atomic mass is 10.1. The van der Waals surface area contributed by atoms with E-state index in [0.717, 1.165) is 0 Å². The third kappa shape index (κ3) is 5.89. The molecule has 2 aromatic carbocycles. The van der Waals surface area contributed by atoms with Gasteiger partial charge in [0.05, 0.1) is 11.3 Å². The summed E-state index contributed by atoms with van der Waals surface area (Å²) in [5.74, 6) is -0.992. The van der Waals surface area contributed by atoms with Gasteiger partial charge in [0.25, 0.3) is 5.91 Å². The molecule has 0 aliphatic heterocycles. The van der Waals surface area contributed by atoms with Gasteiger partial charge < -0.3 is 5.32 Å². The molecule has 0 saturated heterocycles. The lowest BCUT2D eigenvalue weighted by Crippen LogP contribution is -2.32. The molecule has 0 aromatic heterocycles. The van der Waals surface area contributed by atoms with Gasteiger partial charge in [0, 0.05) is 17.1 Å². The lowest BCUT2D eigenvalue weighted by molar-refractivity contribution is 0.0950. The van der Waals surface area contributed by atoms with Crippen LogP contribution in [0.25, 0.3) is 0 Å². The molecule has 0 atom stereocenters. The highest BCUT2D eigenvalue weighted by atomic mass is 79.9. The highest BCUT2D eigenvalue weighted by Crippen LogP contribution is 2.18. The molecule has 2 N–H and O–H groups in total. The summed E-state index contributed by atoms with van der Waals surface area (Å²) >= 11 is 3.16. The zero-order valence-corrected chi connectivity index (χ0v) is 16.8. The van der Waals surface area contributed by atoms with Gasteiger partial charge in [-0.2, -0.15) is 0 Å². The minimum Gasteiger partial charge on any atom is -0.348 e. The van der Waals surface area contributed by atoms with Gasteiger partial charge in [-0.25, -0.2) is 17.5 Å². The molecule has 0 bridgehead atoms. The molecule has 1 amide bonds. The van der Waals surface area contributed by atoms with Crippen LogP contribution in [0.2, 0.25) is 0 Å². The first-order valence-electron chi connectivity index (χ1n) is 7.98. The van der Waals surface area contributed by atoms with Crippen molar-refractivity contribution >= 4 is 31.9 Å². The fraction of sp³-hybridized carbons (Fsp3) is 0.278. The van der Waals surface area contributed by atoms with Crippen LogP contribution in [0, 0.1) is 5.82 Å². The highest BCUT2D eigenvalue weighted by Gasteiger charge is 2.16. The molecule has 2 aromatic rings. The molecule has 26 heavy (non-hydrogen) atoms. The normalized spacial score (nSPS) is 11.6. The molecule has 2 rings (SSSR count). The maximum absolute atomic E-state index is 13.1. The second-order valence-corrected chi connectivity index (χ2v) is 8.72. The van der Waals surface area contributed by atoms with E-state index in [1.165, 1.54) is 18.2 Å². The van der Waals surface area contributed by atoms with Crippen molar-refractivity contribution in [1.82, 2.24) is 10.0 Å². The Morgan fingerprint density at radius 1 is 1.15 bits per heavy atom. The van der Waals surface area contributed by atoms with E-state index in [4.69, 9.17) is 0 Å². The van der Waals surface area contributed by atoms with Crippen molar-refractivity contribution in [1.29, 1.82) is 0 Å². The van der Waals surface area contributed by atoms with Gasteiger partial charge in [-0.15, -0.1) is 0 Å². The average Bonchev–Trinajstić information content (AvgIpc) is 2.52. The monoisotopic (exact) mass is 442 g/mol. The molecule has 5 nitrogen and oxygen atoms in total. The van der Waals surface area contributed by atoms with Crippen molar-refractivity contribution in [2.75, 3.05) is 0 Å². The molecule has 0 unspecified atom stereocenters. The molecule has 0 heterocycles. The van der Waals surface area contributed by atoms with Gasteiger partial charge in [-0.1, -0.05) is 24.3 Å². The van der Waals surface area contributed by atoms with Crippen LogP contribution in [0.4, 0.5) is 4.39 Å². The fourth-order valence-corrected chi connectivity index (χ4v) is 4.44. The maximum atomic E-state index is 13.1. The average molecular weight is 443 g/mol. The smallest absolute Gasteiger partial charge is 0.252 e. The Balaban J connectivity index is 2.12. The number of nitrogens with one attached hydrogen (secondary N) is 2. The molecule has 0 spiro atoms. The summed E-state index contributed by atoms with van der Waals surface area (Å²) in [6.07, 6.45) is 0. The molecule has 0 radical (unpaired) electrons. The number of carbonyl (C=O) groups is 1. The number of hydrogen-bond donors (Lipinski definition) is 2. The summed E-state index contributed by atoms with van der Waals surface area (Å²) in [6, 6.07) is 10.6. The first-order chi connectivity index (χ1) is 12.2. The van der Waals surface area contributed by atoms with E-state index in [-0.39, 0.29) is 24.2 Å². The van der Waals surface area contributed by atoms with Crippen LogP contribution in [0.3, 0.4) is 0 Å². The molecular formula is C18H20BrFN2O3S. The maximum Gasteiger partial charge on any atom is 0.252 e. The molecular weight excluding hydrogens is 423 g/mol. The van der Waals surface area contributed by atoms with Gasteiger partial charge in [-0.05, 0) is 59.1 Å². The summed E-state index contributed by atoms with van der Waals surface area (Å²) in [7, 11) is -3.47. The van der Waals surface area contributed by atoms with Crippen molar-refractivity contribution in [2.24, 2.45) is 0 Å². The van der Waals surface area contributed by atoms with Crippen LogP contribution < -0.4 is 10.0 Å². The molecule has 140 valence electrons. The Bertz CT molecular complexity index is 901. The Labute approximate surface area is 161 Å². The first-order valence-corrected chi connectivity index (χ1v) is 10.4. The predicted octanol–water partition coefficient (Wildman–Crippen LogP) is 3.35. The fourth-order valence-electron chi connectivity index (χ4n) is 2.42. The van der Waals surface area contributed by atoms with Crippen molar-refractivity contribution in [3.8, 4) is 0 Å². The molecule has 0 fully saturated rings. The number of halogens is 2. The summed E-state index contributed by atoms with van der Waals surface area (Å²) < 4.78 is 40.4. The standard InChI is InChI=1S/C18H20BrFN2O3S/c1-12(2)22-26(24,25)11-14-6-4-3-5-13(14)10-21-18(23)16-8-7-15(20)9-17(16)19/h3-9,12,22H,10-11H2,1-2H3,(H,21,23). The van der Waals surface area contributed by atoms with Gasteiger partial charge >= 0.3 is 0 Å². The Morgan fingerprint density at radius 3 is 2.42 bits per heavy atom. The summed E-state index contributed by atoms with van der Waals surface area (Å²) in [6.45, 7) is 3.67. The highest BCUT2D eigenvalue weighted by molar-refractivity contribution is 9.10. The number of sulfonamides is 1. The van der Waals surface area contributed by atoms with E-state index in [1.54, 1.807) is 38.1 Å². The lowest BCUT2D eigenvalue weighted by Gasteiger charge is -2.13. The van der Waals surface area contributed by atoms with Crippen LogP contribution in [-0.4, -0.2) is 20.4 Å². The summed E-state index contributed by atoms with van der Waals surface area (Å²) in [5.41, 5.74) is 1.62. The minimum absolute atomic E-state index is 0.163. The molecule has 8 heteroatoms. The SMILES string of the molecule is CC(C)NS(=O)(=O)Cc1ccccc1CNC(=O)c1ccc(F)cc1Br. The van der Waals surface area contributed by atoms with Crippen molar-refractivity contribution in [3.63, 3.8) is 0 Å². The number of benzene rings is 2. The molecule has 0 saturated carbocycles. The number of hydrogen-bond acceptors (Lipinski definition) is 3. The Morgan fingerprint density at radius 2 is 1.81 bits per heavy atom. The van der Waals surface area contributed by atoms with Gasteiger partial charge in [-0.3, -0.25) is 4.79 Å². The van der Waals surface area contributed by atoms with E-state index in [9.17, 15) is 17.6 Å². The van der Waals surface area contributed by atoms with E-state index < -0.39 is 15.8 Å². The topological polar surface area (TPSA) is 75.3 Å². The second kappa shape index (κ2) is 8.75. The van der Waals surface area contributed by atoms with Crippen LogP contribution in [0.1, 0.15) is 35.3 Å². The number of amides is 1. The van der Waals surface area contributed by atoms with Gasteiger partial charge in [0.2, 0.25) is 10.0 Å². The van der Waals surface area contributed by atoms with E-state index in [1.807, 2.05) is 0 Å². The molecule has 0 aliphatic rings. The molecule has 0 aliphatic carbocycles. The van der Waals surface area contributed by atoms with E-state index in [2.05, 4.69) is 26.0 Å². The van der Waals surface area contributed by atoms with Crippen molar-refractivity contribution in [2.45, 2.75) is 32.2 Å². The Kier molecular flexibility index (Phi) is 6.91. The van der Waals surface area contributed by atoms with Crippen molar-refractivity contribution in [3.05, 3.63) is 69.4 Å². The Hall–Kier alpha value is -1.77. The quantitative estimate of drug-likeness (QED) is 0.690. The largest absolute Gasteiger partial charge is 0.348 e.